The molecule has 0 aromatic heterocycles. The maximum Gasteiger partial charge on any atom is 0.236 e. The molecule has 2 rings (SSSR count). The fourth-order valence-corrected chi connectivity index (χ4v) is 3.27. The van der Waals surface area contributed by atoms with Gasteiger partial charge in [-0.25, -0.2) is 0 Å². The molecule has 7 heteroatoms. The van der Waals surface area contributed by atoms with Crippen LogP contribution in [0, 0.1) is 0 Å². The lowest BCUT2D eigenvalue weighted by Crippen LogP contribution is -2.41. The van der Waals surface area contributed by atoms with Crippen LogP contribution < -0.4 is 10.1 Å². The largest absolute Gasteiger partial charge is 0.496 e. The molecule has 1 aromatic rings. The first-order chi connectivity index (χ1) is 12.9. The van der Waals surface area contributed by atoms with Gasteiger partial charge < -0.3 is 15.0 Å². The molecule has 1 atom stereocenters. The molecule has 0 spiro atoms. The number of ether oxygens (including phenoxy) is 1. The summed E-state index contributed by atoms with van der Waals surface area (Å²) in [6.45, 7) is 6.12. The van der Waals surface area contributed by atoms with Crippen LogP contribution in [0.5, 0.6) is 5.75 Å². The van der Waals surface area contributed by atoms with Crippen molar-refractivity contribution in [1.82, 2.24) is 20.0 Å². The summed E-state index contributed by atoms with van der Waals surface area (Å²) in [5.41, 5.74) is 0.970. The van der Waals surface area contributed by atoms with Crippen LogP contribution in [0.4, 0.5) is 0 Å². The minimum absolute atomic E-state index is 0.00576. The molecule has 1 heterocycles. The third-order valence-electron chi connectivity index (χ3n) is 4.89. The van der Waals surface area contributed by atoms with E-state index in [2.05, 4.69) is 15.1 Å². The highest BCUT2D eigenvalue weighted by molar-refractivity contribution is 5.78. The third kappa shape index (κ3) is 6.52. The van der Waals surface area contributed by atoms with Crippen LogP contribution in [0.25, 0.3) is 0 Å². The van der Waals surface area contributed by atoms with Crippen LogP contribution in [0.2, 0.25) is 0 Å². The summed E-state index contributed by atoms with van der Waals surface area (Å²) < 4.78 is 5.38. The Morgan fingerprint density at radius 1 is 1.11 bits per heavy atom. The first kappa shape index (κ1) is 21.2. The lowest BCUT2D eigenvalue weighted by molar-refractivity contribution is -0.130. The van der Waals surface area contributed by atoms with Crippen LogP contribution in [-0.2, 0) is 9.59 Å². The summed E-state index contributed by atoms with van der Waals surface area (Å²) in [6.07, 6.45) is 0.954. The van der Waals surface area contributed by atoms with Gasteiger partial charge in [0.25, 0.3) is 0 Å². The Balaban J connectivity index is 1.82. The Labute approximate surface area is 162 Å². The van der Waals surface area contributed by atoms with Crippen molar-refractivity contribution in [3.05, 3.63) is 29.8 Å². The number of likely N-dealkylation sites (N-methyl/N-ethyl adjacent to an activating group) is 1. The topological polar surface area (TPSA) is 65.1 Å². The van der Waals surface area contributed by atoms with E-state index >= 15 is 0 Å². The highest BCUT2D eigenvalue weighted by Gasteiger charge is 2.20. The van der Waals surface area contributed by atoms with E-state index in [0.29, 0.717) is 13.1 Å². The third-order valence-corrected chi connectivity index (χ3v) is 4.89. The van der Waals surface area contributed by atoms with Crippen LogP contribution in [0.15, 0.2) is 24.3 Å². The minimum Gasteiger partial charge on any atom is -0.496 e. The highest BCUT2D eigenvalue weighted by atomic mass is 16.5. The van der Waals surface area contributed by atoms with Gasteiger partial charge in [-0.1, -0.05) is 18.2 Å². The molecule has 1 aromatic carbocycles. The van der Waals surface area contributed by atoms with E-state index in [4.69, 9.17) is 4.74 Å². The molecular formula is C20H32N4O3. The number of hydrogen-bond donors (Lipinski definition) is 1. The van der Waals surface area contributed by atoms with Crippen molar-refractivity contribution in [1.29, 1.82) is 0 Å². The van der Waals surface area contributed by atoms with Gasteiger partial charge in [-0.15, -0.1) is 0 Å². The maximum absolute atomic E-state index is 12.5. The predicted octanol–water partition coefficient (Wildman–Crippen LogP) is 0.968. The summed E-state index contributed by atoms with van der Waals surface area (Å²) in [6, 6.07) is 7.61. The normalized spacial score (nSPS) is 17.0. The first-order valence-corrected chi connectivity index (χ1v) is 9.48. The van der Waals surface area contributed by atoms with Gasteiger partial charge in [0.15, 0.2) is 0 Å². The number of methoxy groups -OCH3 is 1. The molecule has 150 valence electrons. The van der Waals surface area contributed by atoms with E-state index < -0.39 is 0 Å². The van der Waals surface area contributed by atoms with Crippen molar-refractivity contribution in [2.75, 3.05) is 60.5 Å². The fourth-order valence-electron chi connectivity index (χ4n) is 3.27. The molecule has 2 amide bonds. The minimum atomic E-state index is -0.116. The number of carbonyl (C=O) groups excluding carboxylic acids is 2. The molecular weight excluding hydrogens is 344 g/mol. The molecule has 1 unspecified atom stereocenters. The predicted molar refractivity (Wildman–Crippen MR) is 106 cm³/mol. The van der Waals surface area contributed by atoms with Gasteiger partial charge in [-0.2, -0.15) is 0 Å². The molecule has 0 aliphatic carbocycles. The molecule has 1 aliphatic heterocycles. The standard InChI is InChI=1S/C20H32N4O3/c1-16(17-8-5-6-9-18(17)27-4)21-19(25)14-23-10-7-11-24(13-12-23)15-20(26)22(2)3/h5-6,8-9,16H,7,10-15H2,1-4H3,(H,21,25). The van der Waals surface area contributed by atoms with Gasteiger partial charge in [0, 0.05) is 32.7 Å². The van der Waals surface area contributed by atoms with Crippen molar-refractivity contribution in [2.45, 2.75) is 19.4 Å². The summed E-state index contributed by atoms with van der Waals surface area (Å²) in [5, 5.41) is 3.06. The second kappa shape index (κ2) is 10.3. The number of amides is 2. The van der Waals surface area contributed by atoms with E-state index in [9.17, 15) is 9.59 Å². The second-order valence-corrected chi connectivity index (χ2v) is 7.23. The fraction of sp³-hybridized carbons (Fsp3) is 0.600. The van der Waals surface area contributed by atoms with Crippen molar-refractivity contribution in [2.24, 2.45) is 0 Å². The summed E-state index contributed by atoms with van der Waals surface area (Å²) in [7, 11) is 5.19. The number of para-hydroxylation sites is 1. The molecule has 0 bridgehead atoms. The highest BCUT2D eigenvalue weighted by Crippen LogP contribution is 2.24. The quantitative estimate of drug-likeness (QED) is 0.768. The summed E-state index contributed by atoms with van der Waals surface area (Å²) in [5.74, 6) is 0.902. The van der Waals surface area contributed by atoms with Gasteiger partial charge in [0.1, 0.15) is 5.75 Å². The van der Waals surface area contributed by atoms with Gasteiger partial charge in [-0.3, -0.25) is 19.4 Å². The van der Waals surface area contributed by atoms with Gasteiger partial charge >= 0.3 is 0 Å². The average Bonchev–Trinajstić information content (AvgIpc) is 2.86. The Hall–Kier alpha value is -2.12. The molecule has 0 radical (unpaired) electrons. The Morgan fingerprint density at radius 2 is 1.74 bits per heavy atom. The lowest BCUT2D eigenvalue weighted by atomic mass is 10.1. The zero-order chi connectivity index (χ0) is 19.8. The van der Waals surface area contributed by atoms with Crippen molar-refractivity contribution in [3.63, 3.8) is 0 Å². The first-order valence-electron chi connectivity index (χ1n) is 9.48. The summed E-state index contributed by atoms with van der Waals surface area (Å²) in [4.78, 5) is 30.3. The number of nitrogens with zero attached hydrogens (tertiary/aromatic N) is 3. The van der Waals surface area contributed by atoms with Crippen LogP contribution >= 0.6 is 0 Å². The zero-order valence-electron chi connectivity index (χ0n) is 16.9. The van der Waals surface area contributed by atoms with Crippen molar-refractivity contribution in [3.8, 4) is 5.75 Å². The van der Waals surface area contributed by atoms with E-state index in [-0.39, 0.29) is 17.9 Å². The smallest absolute Gasteiger partial charge is 0.236 e. The molecule has 0 saturated carbocycles. The monoisotopic (exact) mass is 376 g/mol. The molecule has 1 N–H and O–H groups in total. The molecule has 27 heavy (non-hydrogen) atoms. The van der Waals surface area contributed by atoms with Crippen molar-refractivity contribution >= 4 is 11.8 Å². The second-order valence-electron chi connectivity index (χ2n) is 7.23. The molecule has 1 aliphatic rings. The van der Waals surface area contributed by atoms with Crippen molar-refractivity contribution < 1.29 is 14.3 Å². The molecule has 1 saturated heterocycles. The maximum atomic E-state index is 12.5. The number of rotatable bonds is 7. The molecule has 1 fully saturated rings. The van der Waals surface area contributed by atoms with Gasteiger partial charge in [0.05, 0.1) is 26.2 Å². The molecule has 7 nitrogen and oxygen atoms in total. The summed E-state index contributed by atoms with van der Waals surface area (Å²) >= 11 is 0. The number of nitrogens with one attached hydrogen (secondary N) is 1. The zero-order valence-corrected chi connectivity index (χ0v) is 16.9. The van der Waals surface area contributed by atoms with E-state index in [1.54, 1.807) is 26.1 Å². The van der Waals surface area contributed by atoms with E-state index in [1.165, 1.54) is 0 Å². The van der Waals surface area contributed by atoms with E-state index in [0.717, 1.165) is 43.9 Å². The lowest BCUT2D eigenvalue weighted by Gasteiger charge is -2.23. The number of carbonyl (C=O) groups is 2. The van der Waals surface area contributed by atoms with Gasteiger partial charge in [0.2, 0.25) is 11.8 Å². The van der Waals surface area contributed by atoms with Crippen LogP contribution in [0.1, 0.15) is 24.9 Å². The Kier molecular flexibility index (Phi) is 8.06. The Bertz CT molecular complexity index is 635. The SMILES string of the molecule is COc1ccccc1C(C)NC(=O)CN1CCCN(CC(=O)N(C)C)CC1. The Morgan fingerprint density at radius 3 is 2.37 bits per heavy atom. The average molecular weight is 377 g/mol. The van der Waals surface area contributed by atoms with Gasteiger partial charge in [-0.05, 0) is 32.5 Å². The van der Waals surface area contributed by atoms with Crippen LogP contribution in [-0.4, -0.2) is 87.0 Å². The van der Waals surface area contributed by atoms with Crippen LogP contribution in [0.3, 0.4) is 0 Å². The number of benzene rings is 1. The number of hydrogen-bond acceptors (Lipinski definition) is 5. The van der Waals surface area contributed by atoms with E-state index in [1.807, 2.05) is 31.2 Å².